The normalized spacial score (nSPS) is 26.6. The van der Waals surface area contributed by atoms with Gasteiger partial charge < -0.3 is 10.4 Å². The minimum Gasteiger partial charge on any atom is -0.480 e. The van der Waals surface area contributed by atoms with Crippen LogP contribution in [0.1, 0.15) is 6.92 Å². The number of rotatable bonds is 3. The smallest absolute Gasteiger partial charge is 0.320 e. The molecule has 0 aliphatic carbocycles. The van der Waals surface area contributed by atoms with Gasteiger partial charge in [0.15, 0.2) is 0 Å². The molecule has 1 heterocycles. The van der Waals surface area contributed by atoms with E-state index in [4.69, 9.17) is 5.11 Å². The third-order valence-electron chi connectivity index (χ3n) is 1.86. The van der Waals surface area contributed by atoms with Crippen molar-refractivity contribution in [2.75, 3.05) is 19.6 Å². The predicted molar refractivity (Wildman–Crippen MR) is 44.9 cm³/mol. The van der Waals surface area contributed by atoms with Crippen LogP contribution >= 0.6 is 0 Å². The quantitative estimate of drug-likeness (QED) is 0.421. The summed E-state index contributed by atoms with van der Waals surface area (Å²) in [6.07, 6.45) is 0.0739. The topological polar surface area (TPSA) is 73.4 Å². The van der Waals surface area contributed by atoms with Crippen LogP contribution in [0.2, 0.25) is 0 Å². The van der Waals surface area contributed by atoms with Crippen molar-refractivity contribution in [1.82, 2.24) is 16.0 Å². The monoisotopic (exact) mass is 173 g/mol. The first-order valence-corrected chi connectivity index (χ1v) is 4.13. The highest BCUT2D eigenvalue weighted by molar-refractivity contribution is 5.72. The molecule has 0 aromatic carbocycles. The van der Waals surface area contributed by atoms with Gasteiger partial charge in [0.25, 0.3) is 0 Å². The third kappa shape index (κ3) is 2.77. The van der Waals surface area contributed by atoms with E-state index in [1.165, 1.54) is 0 Å². The van der Waals surface area contributed by atoms with Gasteiger partial charge in [-0.1, -0.05) is 0 Å². The van der Waals surface area contributed by atoms with Crippen LogP contribution in [-0.2, 0) is 4.79 Å². The summed E-state index contributed by atoms with van der Waals surface area (Å²) in [6, 6.07) is -0.498. The van der Waals surface area contributed by atoms with E-state index in [9.17, 15) is 4.79 Å². The molecule has 1 saturated heterocycles. The molecule has 1 aliphatic rings. The molecule has 0 aromatic rings. The molecule has 2 unspecified atom stereocenters. The number of carboxylic acids is 1. The average Bonchev–Trinajstić information content (AvgIpc) is 2.06. The van der Waals surface area contributed by atoms with Crippen LogP contribution in [0.15, 0.2) is 0 Å². The van der Waals surface area contributed by atoms with E-state index in [1.54, 1.807) is 6.92 Å². The predicted octanol–water partition coefficient (Wildman–Crippen LogP) is -1.43. The first kappa shape index (κ1) is 9.44. The van der Waals surface area contributed by atoms with Crippen LogP contribution in [0.25, 0.3) is 0 Å². The van der Waals surface area contributed by atoms with E-state index in [0.29, 0.717) is 0 Å². The molecule has 1 fully saturated rings. The molecule has 4 N–H and O–H groups in total. The van der Waals surface area contributed by atoms with Crippen LogP contribution in [-0.4, -0.2) is 42.9 Å². The summed E-state index contributed by atoms with van der Waals surface area (Å²) in [4.78, 5) is 10.5. The maximum atomic E-state index is 10.5. The molecule has 0 spiro atoms. The highest BCUT2D eigenvalue weighted by Gasteiger charge is 2.17. The highest BCUT2D eigenvalue weighted by Crippen LogP contribution is 1.87. The largest absolute Gasteiger partial charge is 0.480 e. The van der Waals surface area contributed by atoms with Crippen molar-refractivity contribution >= 4 is 5.97 Å². The van der Waals surface area contributed by atoms with Crippen molar-refractivity contribution in [3.63, 3.8) is 0 Å². The van der Waals surface area contributed by atoms with Crippen LogP contribution in [0.5, 0.6) is 0 Å². The SMILES string of the molecule is CC(NC1CNCCN1)C(=O)O. The summed E-state index contributed by atoms with van der Waals surface area (Å²) in [5.74, 6) is -0.817. The van der Waals surface area contributed by atoms with Gasteiger partial charge in [0, 0.05) is 19.6 Å². The zero-order chi connectivity index (χ0) is 8.97. The number of hydrogen-bond donors (Lipinski definition) is 4. The van der Waals surface area contributed by atoms with Crippen molar-refractivity contribution in [1.29, 1.82) is 0 Å². The standard InChI is InChI=1S/C7H15N3O2/c1-5(7(11)12)10-6-4-8-2-3-9-6/h5-6,8-10H,2-4H2,1H3,(H,11,12). The van der Waals surface area contributed by atoms with Crippen molar-refractivity contribution in [2.24, 2.45) is 0 Å². The van der Waals surface area contributed by atoms with E-state index in [-0.39, 0.29) is 6.17 Å². The molecule has 0 bridgehead atoms. The molecule has 0 radical (unpaired) electrons. The summed E-state index contributed by atoms with van der Waals surface area (Å²) < 4.78 is 0. The Bertz CT molecular complexity index is 157. The summed E-state index contributed by atoms with van der Waals surface area (Å²) >= 11 is 0. The van der Waals surface area contributed by atoms with Crippen LogP contribution in [0.4, 0.5) is 0 Å². The van der Waals surface area contributed by atoms with Crippen molar-refractivity contribution in [3.05, 3.63) is 0 Å². The molecule has 12 heavy (non-hydrogen) atoms. The Morgan fingerprint density at radius 1 is 1.67 bits per heavy atom. The lowest BCUT2D eigenvalue weighted by molar-refractivity contribution is -0.139. The fourth-order valence-electron chi connectivity index (χ4n) is 1.14. The molecular formula is C7H15N3O2. The molecule has 0 amide bonds. The number of nitrogens with one attached hydrogen (secondary N) is 3. The number of carboxylic acid groups (broad SMARTS) is 1. The van der Waals surface area contributed by atoms with Gasteiger partial charge in [-0.2, -0.15) is 0 Å². The van der Waals surface area contributed by atoms with Gasteiger partial charge in [0.1, 0.15) is 6.04 Å². The van der Waals surface area contributed by atoms with E-state index < -0.39 is 12.0 Å². The Morgan fingerprint density at radius 3 is 2.92 bits per heavy atom. The lowest BCUT2D eigenvalue weighted by atomic mass is 10.3. The van der Waals surface area contributed by atoms with Gasteiger partial charge in [0.2, 0.25) is 0 Å². The van der Waals surface area contributed by atoms with Crippen LogP contribution < -0.4 is 16.0 Å². The lowest BCUT2D eigenvalue weighted by Crippen LogP contribution is -2.58. The second kappa shape index (κ2) is 4.39. The molecule has 70 valence electrons. The number of hydrogen-bond acceptors (Lipinski definition) is 4. The Hall–Kier alpha value is -0.650. The lowest BCUT2D eigenvalue weighted by Gasteiger charge is -2.27. The maximum absolute atomic E-state index is 10.5. The Balaban J connectivity index is 2.24. The minimum atomic E-state index is -0.817. The van der Waals surface area contributed by atoms with Gasteiger partial charge in [0.05, 0.1) is 6.17 Å². The fourth-order valence-corrected chi connectivity index (χ4v) is 1.14. The molecule has 1 rings (SSSR count). The van der Waals surface area contributed by atoms with Crippen LogP contribution in [0, 0.1) is 0 Å². The molecule has 5 nitrogen and oxygen atoms in total. The number of aliphatic carboxylic acids is 1. The summed E-state index contributed by atoms with van der Waals surface area (Å²) in [7, 11) is 0. The minimum absolute atomic E-state index is 0.0739. The number of piperazine rings is 1. The molecule has 2 atom stereocenters. The summed E-state index contributed by atoms with van der Waals surface area (Å²) in [6.45, 7) is 4.24. The van der Waals surface area contributed by atoms with E-state index in [0.717, 1.165) is 19.6 Å². The van der Waals surface area contributed by atoms with Gasteiger partial charge in [-0.3, -0.25) is 15.4 Å². The zero-order valence-corrected chi connectivity index (χ0v) is 7.13. The Morgan fingerprint density at radius 2 is 2.42 bits per heavy atom. The first-order chi connectivity index (χ1) is 5.70. The first-order valence-electron chi connectivity index (χ1n) is 4.13. The summed E-state index contributed by atoms with van der Waals surface area (Å²) in [5.41, 5.74) is 0. The summed E-state index contributed by atoms with van der Waals surface area (Å²) in [5, 5.41) is 17.9. The van der Waals surface area contributed by atoms with Crippen molar-refractivity contribution < 1.29 is 9.90 Å². The molecule has 1 aliphatic heterocycles. The molecular weight excluding hydrogens is 158 g/mol. The van der Waals surface area contributed by atoms with Crippen LogP contribution in [0.3, 0.4) is 0 Å². The van der Waals surface area contributed by atoms with Gasteiger partial charge in [-0.15, -0.1) is 0 Å². The Labute approximate surface area is 71.5 Å². The molecule has 0 saturated carbocycles. The Kier molecular flexibility index (Phi) is 3.46. The average molecular weight is 173 g/mol. The molecule has 0 aromatic heterocycles. The molecule has 5 heteroatoms. The van der Waals surface area contributed by atoms with Gasteiger partial charge >= 0.3 is 5.97 Å². The van der Waals surface area contributed by atoms with Crippen molar-refractivity contribution in [3.8, 4) is 0 Å². The van der Waals surface area contributed by atoms with Crippen molar-refractivity contribution in [2.45, 2.75) is 19.1 Å². The van der Waals surface area contributed by atoms with E-state index >= 15 is 0 Å². The number of carbonyl (C=O) groups is 1. The third-order valence-corrected chi connectivity index (χ3v) is 1.86. The van der Waals surface area contributed by atoms with E-state index in [2.05, 4.69) is 16.0 Å². The maximum Gasteiger partial charge on any atom is 0.320 e. The second-order valence-corrected chi connectivity index (χ2v) is 2.94. The fraction of sp³-hybridized carbons (Fsp3) is 0.857. The van der Waals surface area contributed by atoms with Gasteiger partial charge in [-0.25, -0.2) is 0 Å². The second-order valence-electron chi connectivity index (χ2n) is 2.94. The van der Waals surface area contributed by atoms with Gasteiger partial charge in [-0.05, 0) is 6.92 Å². The van der Waals surface area contributed by atoms with E-state index in [1.807, 2.05) is 0 Å². The zero-order valence-electron chi connectivity index (χ0n) is 7.13. The highest BCUT2D eigenvalue weighted by atomic mass is 16.4.